The van der Waals surface area contributed by atoms with Gasteiger partial charge in [0.2, 0.25) is 0 Å². The molecule has 1 amide bonds. The molecule has 0 spiro atoms. The molecule has 0 unspecified atom stereocenters. The Kier molecular flexibility index (Phi) is 5.41. The zero-order chi connectivity index (χ0) is 14.4. The minimum absolute atomic E-state index is 0.0431. The first kappa shape index (κ1) is 14.9. The number of carbonyl (C=O) groups excluding carboxylic acids is 1. The Balaban J connectivity index is 1.85. The van der Waals surface area contributed by atoms with Gasteiger partial charge in [-0.2, -0.15) is 0 Å². The lowest BCUT2D eigenvalue weighted by atomic mass is 10.0. The quantitative estimate of drug-likeness (QED) is 0.867. The highest BCUT2D eigenvalue weighted by molar-refractivity contribution is 5.94. The maximum absolute atomic E-state index is 12.2. The predicted octanol–water partition coefficient (Wildman–Crippen LogP) is 2.33. The number of rotatable bonds is 5. The van der Waals surface area contributed by atoms with Crippen LogP contribution in [0.3, 0.4) is 0 Å². The number of nitrogens with zero attached hydrogens (tertiary/aromatic N) is 1. The summed E-state index contributed by atoms with van der Waals surface area (Å²) in [6.45, 7) is 5.22. The Bertz CT molecular complexity index is 422. The van der Waals surface area contributed by atoms with Gasteiger partial charge in [0, 0.05) is 23.8 Å². The van der Waals surface area contributed by atoms with Gasteiger partial charge in [-0.25, -0.2) is 0 Å². The summed E-state index contributed by atoms with van der Waals surface area (Å²) in [5.74, 6) is 0.0431. The fourth-order valence-corrected chi connectivity index (χ4v) is 2.43. The summed E-state index contributed by atoms with van der Waals surface area (Å²) in [5, 5.41) is 6.44. The molecule has 1 heterocycles. The lowest BCUT2D eigenvalue weighted by Gasteiger charge is -2.29. The third-order valence-corrected chi connectivity index (χ3v) is 3.78. The van der Waals surface area contributed by atoms with Gasteiger partial charge in [-0.05, 0) is 63.7 Å². The summed E-state index contributed by atoms with van der Waals surface area (Å²) >= 11 is 0. The Morgan fingerprint density at radius 1 is 1.25 bits per heavy atom. The summed E-state index contributed by atoms with van der Waals surface area (Å²) in [7, 11) is 2.13. The molecule has 0 atom stereocenters. The van der Waals surface area contributed by atoms with Gasteiger partial charge in [0.1, 0.15) is 0 Å². The van der Waals surface area contributed by atoms with Crippen LogP contribution in [0.25, 0.3) is 0 Å². The SMILES string of the molecule is CCCNc1ccc(C(=O)NC2CCN(C)CC2)cc1. The third-order valence-electron chi connectivity index (χ3n) is 3.78. The first-order valence-electron chi connectivity index (χ1n) is 7.52. The average Bonchev–Trinajstić information content (AvgIpc) is 2.48. The molecule has 1 saturated heterocycles. The molecule has 0 aliphatic carbocycles. The number of anilines is 1. The van der Waals surface area contributed by atoms with Gasteiger partial charge >= 0.3 is 0 Å². The van der Waals surface area contributed by atoms with Crippen LogP contribution < -0.4 is 10.6 Å². The van der Waals surface area contributed by atoms with Crippen LogP contribution in [-0.4, -0.2) is 43.5 Å². The van der Waals surface area contributed by atoms with Gasteiger partial charge in [0.15, 0.2) is 0 Å². The minimum atomic E-state index is 0.0431. The van der Waals surface area contributed by atoms with Crippen LogP contribution in [0.1, 0.15) is 36.5 Å². The van der Waals surface area contributed by atoms with Crippen molar-refractivity contribution in [1.29, 1.82) is 0 Å². The van der Waals surface area contributed by atoms with Crippen molar-refractivity contribution < 1.29 is 4.79 Å². The van der Waals surface area contributed by atoms with E-state index in [4.69, 9.17) is 0 Å². The van der Waals surface area contributed by atoms with Crippen molar-refractivity contribution in [3.63, 3.8) is 0 Å². The maximum atomic E-state index is 12.2. The van der Waals surface area contributed by atoms with Crippen LogP contribution in [0.2, 0.25) is 0 Å². The number of amides is 1. The van der Waals surface area contributed by atoms with E-state index < -0.39 is 0 Å². The Morgan fingerprint density at radius 3 is 2.50 bits per heavy atom. The van der Waals surface area contributed by atoms with E-state index in [-0.39, 0.29) is 5.91 Å². The van der Waals surface area contributed by atoms with E-state index in [0.29, 0.717) is 6.04 Å². The Hall–Kier alpha value is -1.55. The van der Waals surface area contributed by atoms with Crippen molar-refractivity contribution in [1.82, 2.24) is 10.2 Å². The van der Waals surface area contributed by atoms with E-state index >= 15 is 0 Å². The van der Waals surface area contributed by atoms with Gasteiger partial charge in [-0.1, -0.05) is 6.92 Å². The van der Waals surface area contributed by atoms with Crippen LogP contribution in [-0.2, 0) is 0 Å². The monoisotopic (exact) mass is 275 g/mol. The topological polar surface area (TPSA) is 44.4 Å². The second kappa shape index (κ2) is 7.29. The molecule has 1 fully saturated rings. The Morgan fingerprint density at radius 2 is 1.90 bits per heavy atom. The summed E-state index contributed by atoms with van der Waals surface area (Å²) in [6, 6.07) is 8.04. The van der Waals surface area contributed by atoms with Crippen molar-refractivity contribution in [2.45, 2.75) is 32.2 Å². The zero-order valence-corrected chi connectivity index (χ0v) is 12.5. The van der Waals surface area contributed by atoms with E-state index in [1.54, 1.807) is 0 Å². The van der Waals surface area contributed by atoms with E-state index in [1.165, 1.54) is 0 Å². The molecule has 4 nitrogen and oxygen atoms in total. The fraction of sp³-hybridized carbons (Fsp3) is 0.562. The summed E-state index contributed by atoms with van der Waals surface area (Å²) < 4.78 is 0. The highest BCUT2D eigenvalue weighted by Gasteiger charge is 2.18. The second-order valence-corrected chi connectivity index (χ2v) is 5.56. The molecular weight excluding hydrogens is 250 g/mol. The number of benzene rings is 1. The summed E-state index contributed by atoms with van der Waals surface area (Å²) in [5.41, 5.74) is 1.81. The molecule has 2 N–H and O–H groups in total. The number of piperidine rings is 1. The molecule has 0 bridgehead atoms. The molecule has 0 radical (unpaired) electrons. The summed E-state index contributed by atoms with van der Waals surface area (Å²) in [4.78, 5) is 14.5. The zero-order valence-electron chi connectivity index (χ0n) is 12.5. The molecular formula is C16H25N3O. The smallest absolute Gasteiger partial charge is 0.251 e. The van der Waals surface area contributed by atoms with Crippen molar-refractivity contribution in [2.75, 3.05) is 32.0 Å². The molecule has 0 saturated carbocycles. The van der Waals surface area contributed by atoms with Gasteiger partial charge in [-0.3, -0.25) is 4.79 Å². The molecule has 2 rings (SSSR count). The molecule has 1 aromatic carbocycles. The molecule has 1 aliphatic rings. The van der Waals surface area contributed by atoms with Crippen molar-refractivity contribution in [3.8, 4) is 0 Å². The predicted molar refractivity (Wildman–Crippen MR) is 83.2 cm³/mol. The molecule has 1 aliphatic heterocycles. The van der Waals surface area contributed by atoms with Crippen molar-refractivity contribution in [3.05, 3.63) is 29.8 Å². The molecule has 1 aromatic rings. The highest BCUT2D eigenvalue weighted by atomic mass is 16.1. The number of carbonyl (C=O) groups is 1. The first-order valence-corrected chi connectivity index (χ1v) is 7.52. The molecule has 110 valence electrons. The van der Waals surface area contributed by atoms with Crippen molar-refractivity contribution in [2.24, 2.45) is 0 Å². The van der Waals surface area contributed by atoms with Crippen LogP contribution in [0, 0.1) is 0 Å². The van der Waals surface area contributed by atoms with Gasteiger partial charge in [0.25, 0.3) is 5.91 Å². The van der Waals surface area contributed by atoms with Gasteiger partial charge < -0.3 is 15.5 Å². The van der Waals surface area contributed by atoms with E-state index in [0.717, 1.165) is 50.1 Å². The van der Waals surface area contributed by atoms with E-state index in [9.17, 15) is 4.79 Å². The lowest BCUT2D eigenvalue weighted by molar-refractivity contribution is 0.0917. The number of likely N-dealkylation sites (tertiary alicyclic amines) is 1. The van der Waals surface area contributed by atoms with Crippen LogP contribution in [0.4, 0.5) is 5.69 Å². The standard InChI is InChI=1S/C16H25N3O/c1-3-10-17-14-6-4-13(5-7-14)16(20)18-15-8-11-19(2)12-9-15/h4-7,15,17H,3,8-12H2,1-2H3,(H,18,20). The molecule has 4 heteroatoms. The van der Waals surface area contributed by atoms with E-state index in [2.05, 4.69) is 29.5 Å². The van der Waals surface area contributed by atoms with Crippen LogP contribution in [0.15, 0.2) is 24.3 Å². The van der Waals surface area contributed by atoms with Crippen LogP contribution in [0.5, 0.6) is 0 Å². The van der Waals surface area contributed by atoms with Gasteiger partial charge in [0.05, 0.1) is 0 Å². The normalized spacial score (nSPS) is 16.9. The van der Waals surface area contributed by atoms with Gasteiger partial charge in [-0.15, -0.1) is 0 Å². The maximum Gasteiger partial charge on any atom is 0.251 e. The second-order valence-electron chi connectivity index (χ2n) is 5.56. The van der Waals surface area contributed by atoms with Crippen molar-refractivity contribution >= 4 is 11.6 Å². The number of nitrogens with one attached hydrogen (secondary N) is 2. The third kappa shape index (κ3) is 4.23. The lowest BCUT2D eigenvalue weighted by Crippen LogP contribution is -2.43. The minimum Gasteiger partial charge on any atom is -0.385 e. The summed E-state index contributed by atoms with van der Waals surface area (Å²) in [6.07, 6.45) is 3.18. The Labute approximate surface area is 121 Å². The van der Waals surface area contributed by atoms with E-state index in [1.807, 2.05) is 24.3 Å². The largest absolute Gasteiger partial charge is 0.385 e. The number of hydrogen-bond donors (Lipinski definition) is 2. The molecule has 0 aromatic heterocycles. The first-order chi connectivity index (χ1) is 9.69. The number of hydrogen-bond acceptors (Lipinski definition) is 3. The molecule has 20 heavy (non-hydrogen) atoms. The average molecular weight is 275 g/mol. The highest BCUT2D eigenvalue weighted by Crippen LogP contribution is 2.12. The van der Waals surface area contributed by atoms with Crippen LogP contribution >= 0.6 is 0 Å². The fourth-order valence-electron chi connectivity index (χ4n) is 2.43.